The highest BCUT2D eigenvalue weighted by molar-refractivity contribution is 9.10. The zero-order chi connectivity index (χ0) is 19.4. The average molecular weight is 466 g/mol. The molecule has 3 aromatic rings. The quantitative estimate of drug-likeness (QED) is 0.494. The first-order valence-electron chi connectivity index (χ1n) is 8.36. The van der Waals surface area contributed by atoms with Gasteiger partial charge >= 0.3 is 0 Å². The maximum absolute atomic E-state index is 12.3. The first-order valence-corrected chi connectivity index (χ1v) is 10.5. The van der Waals surface area contributed by atoms with Crippen molar-refractivity contribution in [2.45, 2.75) is 25.5 Å². The van der Waals surface area contributed by atoms with Crippen LogP contribution in [0.4, 0.5) is 5.69 Å². The Morgan fingerprint density at radius 3 is 2.67 bits per heavy atom. The third kappa shape index (κ3) is 4.72. The van der Waals surface area contributed by atoms with E-state index in [-0.39, 0.29) is 11.7 Å². The van der Waals surface area contributed by atoms with Gasteiger partial charge in [0, 0.05) is 27.3 Å². The van der Waals surface area contributed by atoms with Crippen LogP contribution in [0.15, 0.2) is 52.1 Å². The van der Waals surface area contributed by atoms with E-state index in [0.29, 0.717) is 10.2 Å². The van der Waals surface area contributed by atoms with Crippen molar-refractivity contribution in [3.63, 3.8) is 0 Å². The van der Waals surface area contributed by atoms with E-state index >= 15 is 0 Å². The molecule has 0 saturated heterocycles. The van der Waals surface area contributed by atoms with E-state index in [4.69, 9.17) is 11.6 Å². The third-order valence-corrected chi connectivity index (χ3v) is 5.91. The second-order valence-corrected chi connectivity index (χ2v) is 8.07. The Bertz CT molecular complexity index is 959. The van der Waals surface area contributed by atoms with Crippen LogP contribution in [0.3, 0.4) is 0 Å². The standard InChI is InChI=1S/C19H18BrClN4OS/c1-3-25-18(13-7-9-14(20)10-8-13)23-24-19(25)27-11-17(26)22-16-6-4-5-15(21)12(16)2/h4-10H,3,11H2,1-2H3,(H,22,26). The lowest BCUT2D eigenvalue weighted by Gasteiger charge is -2.10. The Kier molecular flexibility index (Phi) is 6.57. The molecule has 1 amide bonds. The second-order valence-electron chi connectivity index (χ2n) is 5.81. The van der Waals surface area contributed by atoms with Crippen molar-refractivity contribution in [1.29, 1.82) is 0 Å². The van der Waals surface area contributed by atoms with Gasteiger partial charge < -0.3 is 9.88 Å². The van der Waals surface area contributed by atoms with E-state index in [1.807, 2.05) is 54.8 Å². The molecule has 0 aliphatic rings. The van der Waals surface area contributed by atoms with Crippen LogP contribution in [0, 0.1) is 6.92 Å². The molecule has 0 saturated carbocycles. The van der Waals surface area contributed by atoms with Gasteiger partial charge in [0.2, 0.25) is 5.91 Å². The normalized spacial score (nSPS) is 10.8. The van der Waals surface area contributed by atoms with Gasteiger partial charge in [0.25, 0.3) is 0 Å². The highest BCUT2D eigenvalue weighted by Gasteiger charge is 2.15. The lowest BCUT2D eigenvalue weighted by atomic mass is 10.2. The number of hydrogen-bond donors (Lipinski definition) is 1. The Balaban J connectivity index is 1.70. The summed E-state index contributed by atoms with van der Waals surface area (Å²) in [6, 6.07) is 13.4. The van der Waals surface area contributed by atoms with Crippen LogP contribution in [0.5, 0.6) is 0 Å². The SMILES string of the molecule is CCn1c(SCC(=O)Nc2cccc(Cl)c2C)nnc1-c1ccc(Br)cc1. The number of rotatable bonds is 6. The molecule has 5 nitrogen and oxygen atoms in total. The van der Waals surface area contributed by atoms with E-state index in [0.717, 1.165) is 33.7 Å². The number of hydrogen-bond acceptors (Lipinski definition) is 4. The van der Waals surface area contributed by atoms with Crippen LogP contribution in [0.25, 0.3) is 11.4 Å². The molecule has 0 fully saturated rings. The molecular formula is C19H18BrClN4OS. The fourth-order valence-corrected chi connectivity index (χ4v) is 3.79. The van der Waals surface area contributed by atoms with Crippen molar-refractivity contribution < 1.29 is 4.79 Å². The minimum Gasteiger partial charge on any atom is -0.325 e. The summed E-state index contributed by atoms with van der Waals surface area (Å²) in [6.45, 7) is 4.63. The van der Waals surface area contributed by atoms with Crippen molar-refractivity contribution >= 4 is 50.9 Å². The molecule has 0 atom stereocenters. The predicted molar refractivity (Wildman–Crippen MR) is 114 cm³/mol. The minimum atomic E-state index is -0.110. The molecule has 2 aromatic carbocycles. The van der Waals surface area contributed by atoms with E-state index in [2.05, 4.69) is 31.4 Å². The van der Waals surface area contributed by atoms with Gasteiger partial charge in [0.15, 0.2) is 11.0 Å². The number of carbonyl (C=O) groups is 1. The van der Waals surface area contributed by atoms with Gasteiger partial charge in [-0.3, -0.25) is 4.79 Å². The van der Waals surface area contributed by atoms with Crippen molar-refractivity contribution in [2.24, 2.45) is 0 Å². The van der Waals surface area contributed by atoms with Gasteiger partial charge in [-0.2, -0.15) is 0 Å². The number of halogens is 2. The smallest absolute Gasteiger partial charge is 0.234 e. The molecule has 0 radical (unpaired) electrons. The third-order valence-electron chi connectivity index (χ3n) is 4.01. The number of anilines is 1. The van der Waals surface area contributed by atoms with Crippen molar-refractivity contribution in [3.05, 3.63) is 57.5 Å². The van der Waals surface area contributed by atoms with Crippen molar-refractivity contribution in [2.75, 3.05) is 11.1 Å². The summed E-state index contributed by atoms with van der Waals surface area (Å²) < 4.78 is 3.02. The number of nitrogens with one attached hydrogen (secondary N) is 1. The van der Waals surface area contributed by atoms with Gasteiger partial charge in [-0.15, -0.1) is 10.2 Å². The van der Waals surface area contributed by atoms with Crippen LogP contribution >= 0.6 is 39.3 Å². The molecule has 8 heteroatoms. The number of nitrogens with zero attached hydrogens (tertiary/aromatic N) is 3. The van der Waals surface area contributed by atoms with Crippen molar-refractivity contribution in [3.8, 4) is 11.4 Å². The van der Waals surface area contributed by atoms with Crippen LogP contribution in [-0.4, -0.2) is 26.4 Å². The molecule has 0 aliphatic heterocycles. The molecule has 3 rings (SSSR count). The zero-order valence-corrected chi connectivity index (χ0v) is 18.0. The Hall–Kier alpha value is -1.83. The molecule has 0 unspecified atom stereocenters. The lowest BCUT2D eigenvalue weighted by Crippen LogP contribution is -2.15. The summed E-state index contributed by atoms with van der Waals surface area (Å²) in [5.74, 6) is 0.921. The van der Waals surface area contributed by atoms with E-state index < -0.39 is 0 Å². The second kappa shape index (κ2) is 8.91. The minimum absolute atomic E-state index is 0.110. The van der Waals surface area contributed by atoms with Crippen molar-refractivity contribution in [1.82, 2.24) is 14.8 Å². The predicted octanol–water partition coefficient (Wildman–Crippen LogP) is 5.42. The summed E-state index contributed by atoms with van der Waals surface area (Å²) >= 11 is 10.9. The summed E-state index contributed by atoms with van der Waals surface area (Å²) in [6.07, 6.45) is 0. The fourth-order valence-electron chi connectivity index (χ4n) is 2.55. The molecule has 0 bridgehead atoms. The monoisotopic (exact) mass is 464 g/mol. The van der Waals surface area contributed by atoms with Gasteiger partial charge in [0.05, 0.1) is 5.75 Å². The highest BCUT2D eigenvalue weighted by Crippen LogP contribution is 2.26. The average Bonchev–Trinajstić information content (AvgIpc) is 3.07. The summed E-state index contributed by atoms with van der Waals surface area (Å²) in [5, 5.41) is 12.8. The molecule has 1 heterocycles. The van der Waals surface area contributed by atoms with Crippen LogP contribution in [0.1, 0.15) is 12.5 Å². The van der Waals surface area contributed by atoms with Crippen LogP contribution in [-0.2, 0) is 11.3 Å². The van der Waals surface area contributed by atoms with Crippen LogP contribution < -0.4 is 5.32 Å². The van der Waals surface area contributed by atoms with E-state index in [1.165, 1.54) is 11.8 Å². The summed E-state index contributed by atoms with van der Waals surface area (Å²) in [5.41, 5.74) is 2.56. The number of thioether (sulfide) groups is 1. The molecule has 140 valence electrons. The first kappa shape index (κ1) is 19.9. The van der Waals surface area contributed by atoms with E-state index in [9.17, 15) is 4.79 Å². The molecular weight excluding hydrogens is 448 g/mol. The number of carbonyl (C=O) groups excluding carboxylic acids is 1. The molecule has 27 heavy (non-hydrogen) atoms. The van der Waals surface area contributed by atoms with Gasteiger partial charge in [-0.25, -0.2) is 0 Å². The highest BCUT2D eigenvalue weighted by atomic mass is 79.9. The van der Waals surface area contributed by atoms with E-state index in [1.54, 1.807) is 6.07 Å². The zero-order valence-electron chi connectivity index (χ0n) is 14.9. The van der Waals surface area contributed by atoms with Crippen LogP contribution in [0.2, 0.25) is 5.02 Å². The maximum Gasteiger partial charge on any atom is 0.234 e. The largest absolute Gasteiger partial charge is 0.325 e. The Morgan fingerprint density at radius 2 is 1.96 bits per heavy atom. The van der Waals surface area contributed by atoms with Gasteiger partial charge in [0.1, 0.15) is 0 Å². The summed E-state index contributed by atoms with van der Waals surface area (Å²) in [4.78, 5) is 12.3. The number of amides is 1. The number of benzene rings is 2. The first-order chi connectivity index (χ1) is 13.0. The molecule has 1 N–H and O–H groups in total. The molecule has 1 aromatic heterocycles. The topological polar surface area (TPSA) is 59.8 Å². The Morgan fingerprint density at radius 1 is 1.22 bits per heavy atom. The lowest BCUT2D eigenvalue weighted by molar-refractivity contribution is -0.113. The Labute approximate surface area is 175 Å². The fraction of sp³-hybridized carbons (Fsp3) is 0.211. The van der Waals surface area contributed by atoms with Gasteiger partial charge in [-0.05, 0) is 43.7 Å². The van der Waals surface area contributed by atoms with Gasteiger partial charge in [-0.1, -0.05) is 57.5 Å². The maximum atomic E-state index is 12.3. The summed E-state index contributed by atoms with van der Waals surface area (Å²) in [7, 11) is 0. The molecule has 0 aliphatic carbocycles. The molecule has 0 spiro atoms. The number of aromatic nitrogens is 3.